The highest BCUT2D eigenvalue weighted by molar-refractivity contribution is 9.10. The predicted molar refractivity (Wildman–Crippen MR) is 79.7 cm³/mol. The van der Waals surface area contributed by atoms with Crippen molar-refractivity contribution in [2.45, 2.75) is 13.5 Å². The van der Waals surface area contributed by atoms with Gasteiger partial charge in [0.1, 0.15) is 17.2 Å². The molecule has 0 aliphatic rings. The molecular formula is C15H16BrNO2. The van der Waals surface area contributed by atoms with Gasteiger partial charge in [-0.15, -0.1) is 0 Å². The van der Waals surface area contributed by atoms with Gasteiger partial charge in [-0.3, -0.25) is 0 Å². The van der Waals surface area contributed by atoms with Crippen LogP contribution in [0.5, 0.6) is 17.2 Å². The molecule has 0 saturated heterocycles. The zero-order chi connectivity index (χ0) is 13.7. The van der Waals surface area contributed by atoms with E-state index in [1.807, 2.05) is 49.4 Å². The van der Waals surface area contributed by atoms with Crippen LogP contribution in [0, 0.1) is 0 Å². The summed E-state index contributed by atoms with van der Waals surface area (Å²) < 4.78 is 12.2. The van der Waals surface area contributed by atoms with Crippen molar-refractivity contribution in [2.24, 2.45) is 5.73 Å². The molecular weight excluding hydrogens is 306 g/mol. The van der Waals surface area contributed by atoms with Crippen molar-refractivity contribution in [3.63, 3.8) is 0 Å². The van der Waals surface area contributed by atoms with Crippen LogP contribution >= 0.6 is 15.9 Å². The zero-order valence-corrected chi connectivity index (χ0v) is 12.3. The van der Waals surface area contributed by atoms with Gasteiger partial charge in [-0.05, 0) is 43.3 Å². The lowest BCUT2D eigenvalue weighted by atomic mass is 10.2. The van der Waals surface area contributed by atoms with Crippen molar-refractivity contribution in [3.05, 3.63) is 52.5 Å². The van der Waals surface area contributed by atoms with Gasteiger partial charge >= 0.3 is 0 Å². The first-order valence-electron chi connectivity index (χ1n) is 6.12. The number of hydrogen-bond donors (Lipinski definition) is 1. The van der Waals surface area contributed by atoms with Gasteiger partial charge in [0.25, 0.3) is 0 Å². The fourth-order valence-electron chi connectivity index (χ4n) is 1.73. The SMILES string of the molecule is CCOc1ccc(Oc2cccc(Br)c2CN)cc1. The third kappa shape index (κ3) is 3.49. The van der Waals surface area contributed by atoms with E-state index in [2.05, 4.69) is 15.9 Å². The van der Waals surface area contributed by atoms with Crippen molar-refractivity contribution in [3.8, 4) is 17.2 Å². The maximum atomic E-state index is 5.85. The molecule has 0 unspecified atom stereocenters. The van der Waals surface area contributed by atoms with Crippen molar-refractivity contribution in [1.82, 2.24) is 0 Å². The third-order valence-corrected chi connectivity index (χ3v) is 3.39. The van der Waals surface area contributed by atoms with Crippen LogP contribution in [0.15, 0.2) is 46.9 Å². The Labute approximate surface area is 121 Å². The summed E-state index contributed by atoms with van der Waals surface area (Å²) >= 11 is 3.47. The van der Waals surface area contributed by atoms with Crippen LogP contribution in [0.4, 0.5) is 0 Å². The normalized spacial score (nSPS) is 10.3. The number of ether oxygens (including phenoxy) is 2. The molecule has 0 bridgehead atoms. The zero-order valence-electron chi connectivity index (χ0n) is 10.7. The Kier molecular flexibility index (Phi) is 4.82. The van der Waals surface area contributed by atoms with Crippen molar-refractivity contribution < 1.29 is 9.47 Å². The molecule has 0 atom stereocenters. The summed E-state index contributed by atoms with van der Waals surface area (Å²) in [5.41, 5.74) is 6.69. The van der Waals surface area contributed by atoms with E-state index in [9.17, 15) is 0 Å². The first-order chi connectivity index (χ1) is 9.24. The summed E-state index contributed by atoms with van der Waals surface area (Å²) in [7, 11) is 0. The molecule has 100 valence electrons. The summed E-state index contributed by atoms with van der Waals surface area (Å²) in [5, 5.41) is 0. The Morgan fingerprint density at radius 2 is 1.74 bits per heavy atom. The lowest BCUT2D eigenvalue weighted by Crippen LogP contribution is -2.00. The number of hydrogen-bond acceptors (Lipinski definition) is 3. The van der Waals surface area contributed by atoms with Gasteiger partial charge in [-0.25, -0.2) is 0 Å². The second kappa shape index (κ2) is 6.59. The molecule has 4 heteroatoms. The van der Waals surface area contributed by atoms with Gasteiger partial charge < -0.3 is 15.2 Å². The van der Waals surface area contributed by atoms with E-state index in [-0.39, 0.29) is 0 Å². The first-order valence-corrected chi connectivity index (χ1v) is 6.92. The molecule has 0 radical (unpaired) electrons. The van der Waals surface area contributed by atoms with Crippen LogP contribution in [0.3, 0.4) is 0 Å². The van der Waals surface area contributed by atoms with E-state index < -0.39 is 0 Å². The second-order valence-corrected chi connectivity index (χ2v) is 4.78. The average Bonchev–Trinajstić information content (AvgIpc) is 2.42. The number of nitrogens with two attached hydrogens (primary N) is 1. The lowest BCUT2D eigenvalue weighted by Gasteiger charge is -2.12. The van der Waals surface area contributed by atoms with Crippen LogP contribution < -0.4 is 15.2 Å². The van der Waals surface area contributed by atoms with Crippen LogP contribution in [-0.4, -0.2) is 6.61 Å². The third-order valence-electron chi connectivity index (χ3n) is 2.64. The Morgan fingerprint density at radius 1 is 1.05 bits per heavy atom. The van der Waals surface area contributed by atoms with E-state index >= 15 is 0 Å². The summed E-state index contributed by atoms with van der Waals surface area (Å²) in [5.74, 6) is 2.36. The van der Waals surface area contributed by atoms with Crippen LogP contribution in [0.1, 0.15) is 12.5 Å². The summed E-state index contributed by atoms with van der Waals surface area (Å²) in [6.07, 6.45) is 0. The van der Waals surface area contributed by atoms with Gasteiger partial charge in [0.2, 0.25) is 0 Å². The minimum absolute atomic E-state index is 0.424. The van der Waals surface area contributed by atoms with Crippen LogP contribution in [0.2, 0.25) is 0 Å². The molecule has 0 amide bonds. The first kappa shape index (κ1) is 13.9. The second-order valence-electron chi connectivity index (χ2n) is 3.93. The molecule has 2 rings (SSSR count). The number of halogens is 1. The van der Waals surface area contributed by atoms with Gasteiger partial charge in [0.05, 0.1) is 6.61 Å². The molecule has 0 aromatic heterocycles. The molecule has 2 aromatic carbocycles. The minimum atomic E-state index is 0.424. The quantitative estimate of drug-likeness (QED) is 0.901. The van der Waals surface area contributed by atoms with Crippen molar-refractivity contribution >= 4 is 15.9 Å². The maximum absolute atomic E-state index is 5.85. The number of rotatable bonds is 5. The van der Waals surface area contributed by atoms with Crippen molar-refractivity contribution in [2.75, 3.05) is 6.61 Å². The van der Waals surface area contributed by atoms with Crippen LogP contribution in [0.25, 0.3) is 0 Å². The largest absolute Gasteiger partial charge is 0.494 e. The average molecular weight is 322 g/mol. The summed E-state index contributed by atoms with van der Waals surface area (Å²) in [6.45, 7) is 3.04. The molecule has 2 N–H and O–H groups in total. The smallest absolute Gasteiger partial charge is 0.133 e. The lowest BCUT2D eigenvalue weighted by molar-refractivity contribution is 0.339. The molecule has 0 fully saturated rings. The topological polar surface area (TPSA) is 44.5 Å². The van der Waals surface area contributed by atoms with Crippen LogP contribution in [-0.2, 0) is 6.54 Å². The highest BCUT2D eigenvalue weighted by Crippen LogP contribution is 2.31. The molecule has 19 heavy (non-hydrogen) atoms. The molecule has 0 saturated carbocycles. The Balaban J connectivity index is 2.19. The highest BCUT2D eigenvalue weighted by Gasteiger charge is 2.07. The molecule has 0 aliphatic carbocycles. The summed E-state index contributed by atoms with van der Waals surface area (Å²) in [4.78, 5) is 0. The molecule has 0 heterocycles. The van der Waals surface area contributed by atoms with E-state index in [0.717, 1.165) is 27.3 Å². The molecule has 2 aromatic rings. The van der Waals surface area contributed by atoms with E-state index in [4.69, 9.17) is 15.2 Å². The fourth-order valence-corrected chi connectivity index (χ4v) is 2.24. The number of benzene rings is 2. The molecule has 3 nitrogen and oxygen atoms in total. The van der Waals surface area contributed by atoms with Crippen molar-refractivity contribution in [1.29, 1.82) is 0 Å². The van der Waals surface area contributed by atoms with E-state index in [0.29, 0.717) is 13.2 Å². The predicted octanol–water partition coefficient (Wildman–Crippen LogP) is 4.10. The highest BCUT2D eigenvalue weighted by atomic mass is 79.9. The van der Waals surface area contributed by atoms with Gasteiger partial charge in [0, 0.05) is 16.6 Å². The standard InChI is InChI=1S/C15H16BrNO2/c1-2-18-11-6-8-12(9-7-11)19-15-5-3-4-14(16)13(15)10-17/h3-9H,2,10,17H2,1H3. The Bertz CT molecular complexity index is 540. The molecule has 0 aliphatic heterocycles. The van der Waals surface area contributed by atoms with Gasteiger partial charge in [-0.1, -0.05) is 22.0 Å². The van der Waals surface area contributed by atoms with Gasteiger partial charge in [-0.2, -0.15) is 0 Å². The molecule has 0 spiro atoms. The minimum Gasteiger partial charge on any atom is -0.494 e. The van der Waals surface area contributed by atoms with E-state index in [1.54, 1.807) is 0 Å². The summed E-state index contributed by atoms with van der Waals surface area (Å²) in [6, 6.07) is 13.3. The Morgan fingerprint density at radius 3 is 2.37 bits per heavy atom. The monoisotopic (exact) mass is 321 g/mol. The Hall–Kier alpha value is -1.52. The van der Waals surface area contributed by atoms with Gasteiger partial charge in [0.15, 0.2) is 0 Å². The van der Waals surface area contributed by atoms with E-state index in [1.165, 1.54) is 0 Å². The maximum Gasteiger partial charge on any atom is 0.133 e. The fraction of sp³-hybridized carbons (Fsp3) is 0.200.